The van der Waals surface area contributed by atoms with Gasteiger partial charge < -0.3 is 15.8 Å². The number of aryl methyl sites for hydroxylation is 1. The van der Waals surface area contributed by atoms with E-state index in [0.717, 1.165) is 5.75 Å². The zero-order chi connectivity index (χ0) is 15.4. The van der Waals surface area contributed by atoms with Crippen LogP contribution in [0.5, 0.6) is 5.75 Å². The van der Waals surface area contributed by atoms with Crippen molar-refractivity contribution >= 4 is 18.3 Å². The monoisotopic (exact) mass is 326 g/mol. The van der Waals surface area contributed by atoms with Gasteiger partial charge in [-0.25, -0.2) is 0 Å². The molecule has 2 rings (SSSR count). The number of carbonyl (C=O) groups is 1. The first-order valence-electron chi connectivity index (χ1n) is 7.73. The summed E-state index contributed by atoms with van der Waals surface area (Å²) in [6, 6.07) is 6.06. The number of halogens is 1. The van der Waals surface area contributed by atoms with Crippen LogP contribution >= 0.6 is 12.4 Å². The van der Waals surface area contributed by atoms with Crippen LogP contribution in [0.25, 0.3) is 0 Å². The molecule has 1 aliphatic carbocycles. The Labute approximate surface area is 139 Å². The first kappa shape index (κ1) is 18.8. The number of hydrogen-bond acceptors (Lipinski definition) is 3. The van der Waals surface area contributed by atoms with Crippen molar-refractivity contribution in [1.82, 2.24) is 5.32 Å². The SMILES string of the molecule is Cc1cc(OCC(=O)NCC(N)C2CC2)ccc1C(C)C.Cl. The molecule has 0 aliphatic heterocycles. The Morgan fingerprint density at radius 3 is 2.64 bits per heavy atom. The number of nitrogens with one attached hydrogen (secondary N) is 1. The standard InChI is InChI=1S/C17H26N2O2.ClH/c1-11(2)15-7-6-14(8-12(15)3)21-10-17(20)19-9-16(18)13-4-5-13;/h6-8,11,13,16H,4-5,9-10,18H2,1-3H3,(H,19,20);1H. The molecule has 1 amide bonds. The second-order valence-electron chi connectivity index (χ2n) is 6.27. The number of benzene rings is 1. The lowest BCUT2D eigenvalue weighted by Gasteiger charge is -2.14. The predicted octanol–water partition coefficient (Wildman–Crippen LogP) is 2.77. The highest BCUT2D eigenvalue weighted by Gasteiger charge is 2.28. The molecule has 4 nitrogen and oxygen atoms in total. The van der Waals surface area contributed by atoms with Crippen molar-refractivity contribution in [3.8, 4) is 5.75 Å². The van der Waals surface area contributed by atoms with Crippen molar-refractivity contribution < 1.29 is 9.53 Å². The van der Waals surface area contributed by atoms with Gasteiger partial charge in [-0.15, -0.1) is 12.4 Å². The molecular formula is C17H27ClN2O2. The van der Waals surface area contributed by atoms with Gasteiger partial charge in [-0.1, -0.05) is 19.9 Å². The molecule has 1 unspecified atom stereocenters. The maximum Gasteiger partial charge on any atom is 0.257 e. The Balaban J connectivity index is 0.00000242. The van der Waals surface area contributed by atoms with Crippen LogP contribution in [-0.4, -0.2) is 25.1 Å². The average Bonchev–Trinajstić information content (AvgIpc) is 3.26. The Bertz CT molecular complexity index is 501. The molecule has 0 radical (unpaired) electrons. The van der Waals surface area contributed by atoms with Gasteiger partial charge in [0.25, 0.3) is 5.91 Å². The van der Waals surface area contributed by atoms with E-state index in [1.807, 2.05) is 12.1 Å². The molecule has 0 bridgehead atoms. The molecule has 1 aromatic carbocycles. The molecule has 22 heavy (non-hydrogen) atoms. The molecule has 1 aliphatic rings. The minimum Gasteiger partial charge on any atom is -0.484 e. The summed E-state index contributed by atoms with van der Waals surface area (Å²) < 4.78 is 5.54. The number of nitrogens with two attached hydrogens (primary N) is 1. The summed E-state index contributed by atoms with van der Waals surface area (Å²) in [5.74, 6) is 1.71. The Kier molecular flexibility index (Phi) is 7.17. The minimum absolute atomic E-state index is 0. The topological polar surface area (TPSA) is 64.3 Å². The van der Waals surface area contributed by atoms with Gasteiger partial charge in [0.2, 0.25) is 0 Å². The normalized spacial score (nSPS) is 15.1. The molecule has 0 aromatic heterocycles. The molecule has 0 spiro atoms. The van der Waals surface area contributed by atoms with Crippen molar-refractivity contribution in [2.75, 3.05) is 13.2 Å². The molecule has 1 fully saturated rings. The van der Waals surface area contributed by atoms with Crippen molar-refractivity contribution in [3.63, 3.8) is 0 Å². The maximum absolute atomic E-state index is 11.7. The molecule has 0 heterocycles. The van der Waals surface area contributed by atoms with Gasteiger partial charge in [0.05, 0.1) is 0 Å². The van der Waals surface area contributed by atoms with E-state index in [1.54, 1.807) is 0 Å². The third-order valence-corrected chi connectivity index (χ3v) is 4.00. The first-order chi connectivity index (χ1) is 9.97. The summed E-state index contributed by atoms with van der Waals surface area (Å²) >= 11 is 0. The molecule has 1 saturated carbocycles. The van der Waals surface area contributed by atoms with E-state index in [1.165, 1.54) is 24.0 Å². The van der Waals surface area contributed by atoms with Crippen LogP contribution in [0.1, 0.15) is 43.7 Å². The number of hydrogen-bond donors (Lipinski definition) is 2. The molecule has 1 atom stereocenters. The van der Waals surface area contributed by atoms with Gasteiger partial charge in [0, 0.05) is 12.6 Å². The Hall–Kier alpha value is -1.26. The first-order valence-corrected chi connectivity index (χ1v) is 7.73. The number of ether oxygens (including phenoxy) is 1. The quantitative estimate of drug-likeness (QED) is 0.809. The molecule has 1 aromatic rings. The van der Waals surface area contributed by atoms with Gasteiger partial charge in [-0.05, 0) is 54.9 Å². The summed E-state index contributed by atoms with van der Waals surface area (Å²) in [5.41, 5.74) is 8.44. The summed E-state index contributed by atoms with van der Waals surface area (Å²) in [6.07, 6.45) is 2.38. The van der Waals surface area contributed by atoms with Gasteiger partial charge >= 0.3 is 0 Å². The molecule has 3 N–H and O–H groups in total. The van der Waals surface area contributed by atoms with Gasteiger partial charge in [-0.3, -0.25) is 4.79 Å². The smallest absolute Gasteiger partial charge is 0.257 e. The number of carbonyl (C=O) groups excluding carboxylic acids is 1. The zero-order valence-corrected chi connectivity index (χ0v) is 14.4. The van der Waals surface area contributed by atoms with Gasteiger partial charge in [0.1, 0.15) is 5.75 Å². The van der Waals surface area contributed by atoms with E-state index in [4.69, 9.17) is 10.5 Å². The second kappa shape index (κ2) is 8.39. The van der Waals surface area contributed by atoms with Crippen molar-refractivity contribution in [2.45, 2.75) is 45.6 Å². The van der Waals surface area contributed by atoms with E-state index in [0.29, 0.717) is 18.4 Å². The predicted molar refractivity (Wildman–Crippen MR) is 91.7 cm³/mol. The van der Waals surface area contributed by atoms with Crippen LogP contribution in [0, 0.1) is 12.8 Å². The second-order valence-corrected chi connectivity index (χ2v) is 6.27. The van der Waals surface area contributed by atoms with Crippen LogP contribution in [0.15, 0.2) is 18.2 Å². The molecular weight excluding hydrogens is 300 g/mol. The van der Waals surface area contributed by atoms with Crippen LogP contribution in [-0.2, 0) is 4.79 Å². The van der Waals surface area contributed by atoms with E-state index in [9.17, 15) is 4.79 Å². The third-order valence-electron chi connectivity index (χ3n) is 4.00. The fourth-order valence-corrected chi connectivity index (χ4v) is 2.51. The van der Waals surface area contributed by atoms with E-state index in [2.05, 4.69) is 32.2 Å². The van der Waals surface area contributed by atoms with E-state index in [-0.39, 0.29) is 31.0 Å². The van der Waals surface area contributed by atoms with Crippen molar-refractivity contribution in [3.05, 3.63) is 29.3 Å². The Morgan fingerprint density at radius 2 is 2.09 bits per heavy atom. The highest BCUT2D eigenvalue weighted by Crippen LogP contribution is 2.31. The van der Waals surface area contributed by atoms with Crippen LogP contribution in [0.2, 0.25) is 0 Å². The van der Waals surface area contributed by atoms with Crippen LogP contribution < -0.4 is 15.8 Å². The fraction of sp³-hybridized carbons (Fsp3) is 0.588. The van der Waals surface area contributed by atoms with Crippen LogP contribution in [0.3, 0.4) is 0 Å². The fourth-order valence-electron chi connectivity index (χ4n) is 2.51. The lowest BCUT2D eigenvalue weighted by molar-refractivity contribution is -0.123. The minimum atomic E-state index is -0.114. The molecule has 124 valence electrons. The number of amides is 1. The lowest BCUT2D eigenvalue weighted by Crippen LogP contribution is -2.40. The van der Waals surface area contributed by atoms with Crippen molar-refractivity contribution in [2.24, 2.45) is 11.7 Å². The van der Waals surface area contributed by atoms with E-state index < -0.39 is 0 Å². The molecule has 0 saturated heterocycles. The summed E-state index contributed by atoms with van der Waals surface area (Å²) in [4.78, 5) is 11.7. The highest BCUT2D eigenvalue weighted by molar-refractivity contribution is 5.85. The third kappa shape index (κ3) is 5.50. The van der Waals surface area contributed by atoms with Gasteiger partial charge in [0.15, 0.2) is 6.61 Å². The Morgan fingerprint density at radius 1 is 1.41 bits per heavy atom. The maximum atomic E-state index is 11.7. The van der Waals surface area contributed by atoms with Gasteiger partial charge in [-0.2, -0.15) is 0 Å². The van der Waals surface area contributed by atoms with Crippen molar-refractivity contribution in [1.29, 1.82) is 0 Å². The lowest BCUT2D eigenvalue weighted by atomic mass is 9.98. The molecule has 5 heteroatoms. The summed E-state index contributed by atoms with van der Waals surface area (Å²) in [5, 5.41) is 2.83. The zero-order valence-electron chi connectivity index (χ0n) is 13.6. The van der Waals surface area contributed by atoms with E-state index >= 15 is 0 Å². The average molecular weight is 327 g/mol. The highest BCUT2D eigenvalue weighted by atomic mass is 35.5. The van der Waals surface area contributed by atoms with Crippen LogP contribution in [0.4, 0.5) is 0 Å². The largest absolute Gasteiger partial charge is 0.484 e. The number of rotatable bonds is 7. The summed E-state index contributed by atoms with van der Waals surface area (Å²) in [6.45, 7) is 6.98. The summed E-state index contributed by atoms with van der Waals surface area (Å²) in [7, 11) is 0.